The van der Waals surface area contributed by atoms with E-state index in [0.717, 1.165) is 36.2 Å². The maximum absolute atomic E-state index is 13.3. The zero-order valence-electron chi connectivity index (χ0n) is 18.7. The van der Waals surface area contributed by atoms with Gasteiger partial charge in [0.25, 0.3) is 0 Å². The molecule has 0 spiro atoms. The van der Waals surface area contributed by atoms with E-state index in [-0.39, 0.29) is 24.3 Å². The van der Waals surface area contributed by atoms with Crippen molar-refractivity contribution in [2.24, 2.45) is 0 Å². The summed E-state index contributed by atoms with van der Waals surface area (Å²) >= 11 is 0. The summed E-state index contributed by atoms with van der Waals surface area (Å²) in [6.45, 7) is 1.01. The molecule has 186 valence electrons. The molecule has 1 saturated heterocycles. The first-order chi connectivity index (χ1) is 16.6. The SMILES string of the molecule is FC(F)(F)c1cc(CO[C@@H]2CCCN(Cc3cccnc3)[C@@H]2c2ccccc2)cc(C(F)(F)F)c1. The van der Waals surface area contributed by atoms with Crippen molar-refractivity contribution in [3.63, 3.8) is 0 Å². The molecule has 3 aromatic rings. The van der Waals surface area contributed by atoms with E-state index in [1.807, 2.05) is 42.5 Å². The molecular formula is C26H24F6N2O. The summed E-state index contributed by atoms with van der Waals surface area (Å²) in [5, 5.41) is 0. The molecule has 0 saturated carbocycles. The van der Waals surface area contributed by atoms with Gasteiger partial charge in [-0.25, -0.2) is 0 Å². The highest BCUT2D eigenvalue weighted by atomic mass is 19.4. The average molecular weight is 494 g/mol. The highest BCUT2D eigenvalue weighted by molar-refractivity contribution is 5.33. The molecule has 0 aliphatic carbocycles. The fourth-order valence-electron chi connectivity index (χ4n) is 4.49. The first-order valence-corrected chi connectivity index (χ1v) is 11.2. The Hall–Kier alpha value is -2.91. The summed E-state index contributed by atoms with van der Waals surface area (Å²) < 4.78 is 85.6. The largest absolute Gasteiger partial charge is 0.416 e. The van der Waals surface area contributed by atoms with Gasteiger partial charge in [0.1, 0.15) is 0 Å². The fraction of sp³-hybridized carbons (Fsp3) is 0.346. The number of hydrogen-bond acceptors (Lipinski definition) is 3. The molecule has 2 heterocycles. The first-order valence-electron chi connectivity index (χ1n) is 11.2. The molecule has 1 aliphatic rings. The van der Waals surface area contributed by atoms with Crippen LogP contribution in [-0.4, -0.2) is 22.5 Å². The maximum Gasteiger partial charge on any atom is 0.416 e. The topological polar surface area (TPSA) is 25.4 Å². The molecule has 0 N–H and O–H groups in total. The van der Waals surface area contributed by atoms with Crippen LogP contribution in [0.2, 0.25) is 0 Å². The molecule has 0 bridgehead atoms. The Bertz CT molecular complexity index is 1070. The highest BCUT2D eigenvalue weighted by Crippen LogP contribution is 2.38. The molecule has 3 nitrogen and oxygen atoms in total. The molecule has 1 aliphatic heterocycles. The number of nitrogens with zero attached hydrogens (tertiary/aromatic N) is 2. The second-order valence-corrected chi connectivity index (χ2v) is 8.59. The third-order valence-electron chi connectivity index (χ3n) is 6.04. The lowest BCUT2D eigenvalue weighted by Crippen LogP contribution is -2.42. The number of hydrogen-bond donors (Lipinski definition) is 0. The van der Waals surface area contributed by atoms with Crippen LogP contribution in [0.25, 0.3) is 0 Å². The van der Waals surface area contributed by atoms with Gasteiger partial charge in [0.2, 0.25) is 0 Å². The summed E-state index contributed by atoms with van der Waals surface area (Å²) in [7, 11) is 0. The molecule has 1 aromatic heterocycles. The Kier molecular flexibility index (Phi) is 7.47. The zero-order chi connectivity index (χ0) is 25.1. The van der Waals surface area contributed by atoms with Crippen LogP contribution in [0.15, 0.2) is 73.1 Å². The number of rotatable bonds is 6. The third-order valence-corrected chi connectivity index (χ3v) is 6.04. The minimum absolute atomic E-state index is 0.131. The molecule has 35 heavy (non-hydrogen) atoms. The number of ether oxygens (including phenoxy) is 1. The van der Waals surface area contributed by atoms with Crippen LogP contribution in [-0.2, 0) is 30.2 Å². The number of benzene rings is 2. The van der Waals surface area contributed by atoms with Crippen LogP contribution >= 0.6 is 0 Å². The number of halogens is 6. The number of aromatic nitrogens is 1. The van der Waals surface area contributed by atoms with E-state index >= 15 is 0 Å². The summed E-state index contributed by atoms with van der Waals surface area (Å²) in [5.74, 6) is 0. The van der Waals surface area contributed by atoms with E-state index < -0.39 is 29.6 Å². The molecule has 0 unspecified atom stereocenters. The highest BCUT2D eigenvalue weighted by Gasteiger charge is 2.37. The fourth-order valence-corrected chi connectivity index (χ4v) is 4.49. The second kappa shape index (κ2) is 10.4. The maximum atomic E-state index is 13.3. The minimum Gasteiger partial charge on any atom is -0.372 e. The van der Waals surface area contributed by atoms with Gasteiger partial charge in [-0.15, -0.1) is 0 Å². The Morgan fingerprint density at radius 1 is 0.857 bits per heavy atom. The van der Waals surface area contributed by atoms with Gasteiger partial charge in [0.15, 0.2) is 0 Å². The lowest BCUT2D eigenvalue weighted by atomic mass is 9.91. The third kappa shape index (κ3) is 6.41. The minimum atomic E-state index is -4.89. The normalized spacial score (nSPS) is 19.6. The Morgan fingerprint density at radius 3 is 2.14 bits per heavy atom. The van der Waals surface area contributed by atoms with Gasteiger partial charge in [-0.2, -0.15) is 26.3 Å². The first kappa shape index (κ1) is 25.2. The van der Waals surface area contributed by atoms with Gasteiger partial charge in [-0.3, -0.25) is 9.88 Å². The average Bonchev–Trinajstić information content (AvgIpc) is 2.83. The molecule has 2 aromatic carbocycles. The van der Waals surface area contributed by atoms with Gasteiger partial charge in [0.05, 0.1) is 29.9 Å². The van der Waals surface area contributed by atoms with Crippen LogP contribution in [0.3, 0.4) is 0 Å². The summed E-state index contributed by atoms with van der Waals surface area (Å²) in [6.07, 6.45) is -5.33. The van der Waals surface area contributed by atoms with Crippen molar-refractivity contribution in [2.45, 2.75) is 50.5 Å². The van der Waals surface area contributed by atoms with Crippen LogP contribution in [0.5, 0.6) is 0 Å². The van der Waals surface area contributed by atoms with E-state index in [9.17, 15) is 26.3 Å². The van der Waals surface area contributed by atoms with Crippen LogP contribution in [0.4, 0.5) is 26.3 Å². The number of pyridine rings is 1. The lowest BCUT2D eigenvalue weighted by molar-refractivity contribution is -0.143. The smallest absolute Gasteiger partial charge is 0.372 e. The van der Waals surface area contributed by atoms with E-state index in [1.54, 1.807) is 12.4 Å². The summed E-state index contributed by atoms with van der Waals surface area (Å²) in [5.41, 5.74) is -0.869. The van der Waals surface area contributed by atoms with Gasteiger partial charge in [-0.1, -0.05) is 36.4 Å². The van der Waals surface area contributed by atoms with Crippen molar-refractivity contribution in [3.8, 4) is 0 Å². The van der Waals surface area contributed by atoms with Gasteiger partial charge < -0.3 is 4.74 Å². The van der Waals surface area contributed by atoms with E-state index in [2.05, 4.69) is 9.88 Å². The van der Waals surface area contributed by atoms with Crippen molar-refractivity contribution in [1.29, 1.82) is 0 Å². The molecule has 0 amide bonds. The number of likely N-dealkylation sites (tertiary alicyclic amines) is 1. The van der Waals surface area contributed by atoms with Gasteiger partial charge in [0, 0.05) is 18.9 Å². The van der Waals surface area contributed by atoms with Crippen LogP contribution in [0, 0.1) is 0 Å². The van der Waals surface area contributed by atoms with Gasteiger partial charge in [-0.05, 0) is 60.3 Å². The lowest BCUT2D eigenvalue weighted by Gasteiger charge is -2.41. The summed E-state index contributed by atoms with van der Waals surface area (Å²) in [4.78, 5) is 6.37. The van der Waals surface area contributed by atoms with E-state index in [1.165, 1.54) is 0 Å². The molecule has 9 heteroatoms. The van der Waals surface area contributed by atoms with Crippen molar-refractivity contribution in [2.75, 3.05) is 6.54 Å². The van der Waals surface area contributed by atoms with Crippen molar-refractivity contribution < 1.29 is 31.1 Å². The summed E-state index contributed by atoms with van der Waals surface area (Å²) in [6, 6.07) is 14.8. The quantitative estimate of drug-likeness (QED) is 0.344. The van der Waals surface area contributed by atoms with Gasteiger partial charge >= 0.3 is 12.4 Å². The predicted molar refractivity (Wildman–Crippen MR) is 118 cm³/mol. The molecule has 4 rings (SSSR count). The van der Waals surface area contributed by atoms with Crippen LogP contribution < -0.4 is 0 Å². The van der Waals surface area contributed by atoms with E-state index in [0.29, 0.717) is 13.0 Å². The van der Waals surface area contributed by atoms with Crippen molar-refractivity contribution in [1.82, 2.24) is 9.88 Å². The predicted octanol–water partition coefficient (Wildman–Crippen LogP) is 7.04. The standard InChI is InChI=1S/C26H24F6N2O/c27-25(28,29)21-12-19(13-22(14-21)26(30,31)32)17-35-23-9-5-11-34(16-18-6-4-10-33-15-18)24(23)20-7-2-1-3-8-20/h1-4,6-8,10,12-15,23-24H,5,9,11,16-17H2/t23-,24-/m1/s1. The van der Waals surface area contributed by atoms with Crippen molar-refractivity contribution in [3.05, 3.63) is 101 Å². The molecule has 2 atom stereocenters. The zero-order valence-corrected chi connectivity index (χ0v) is 18.7. The Labute approximate surface area is 199 Å². The van der Waals surface area contributed by atoms with Crippen LogP contribution in [0.1, 0.15) is 46.7 Å². The molecular weight excluding hydrogens is 470 g/mol. The van der Waals surface area contributed by atoms with E-state index in [4.69, 9.17) is 4.74 Å². The van der Waals surface area contributed by atoms with Crippen molar-refractivity contribution >= 4 is 0 Å². The monoisotopic (exact) mass is 494 g/mol. The second-order valence-electron chi connectivity index (χ2n) is 8.59. The number of piperidine rings is 1. The Balaban J connectivity index is 1.60. The molecule has 1 fully saturated rings. The Morgan fingerprint density at radius 2 is 1.54 bits per heavy atom. The number of alkyl halides is 6. The molecule has 0 radical (unpaired) electrons.